The molecule has 0 spiro atoms. The molecule has 1 N–H and O–H groups in total. The lowest BCUT2D eigenvalue weighted by molar-refractivity contribution is -0.144. The first-order chi connectivity index (χ1) is 15.7. The molecule has 0 aliphatic heterocycles. The second-order valence-electron chi connectivity index (χ2n) is 11.5. The number of nitrogens with one attached hydrogen (secondary N) is 1. The highest BCUT2D eigenvalue weighted by molar-refractivity contribution is 5.94. The van der Waals surface area contributed by atoms with Crippen molar-refractivity contribution in [1.29, 1.82) is 0 Å². The summed E-state index contributed by atoms with van der Waals surface area (Å²) in [4.78, 5) is 44.1. The summed E-state index contributed by atoms with van der Waals surface area (Å²) < 4.78 is 0. The SMILES string of the molecule is CCCC(C)C(=O)[C@H](CC(C)C)N(C)C(=O)[C@@H](NC(=O)[C@H](CC(C)C)N(C)C(C)CC)C(C)C. The van der Waals surface area contributed by atoms with Crippen LogP contribution in [0.2, 0.25) is 0 Å². The fraction of sp³-hybridized carbons (Fsp3) is 0.893. The van der Waals surface area contributed by atoms with E-state index in [-0.39, 0.29) is 47.4 Å². The Bertz CT molecular complexity index is 632. The van der Waals surface area contributed by atoms with E-state index < -0.39 is 12.1 Å². The normalized spacial score (nSPS) is 16.5. The van der Waals surface area contributed by atoms with Crippen LogP contribution in [0.5, 0.6) is 0 Å². The number of rotatable bonds is 16. The second kappa shape index (κ2) is 15.5. The van der Waals surface area contributed by atoms with Gasteiger partial charge in [0.25, 0.3) is 0 Å². The van der Waals surface area contributed by atoms with E-state index >= 15 is 0 Å². The van der Waals surface area contributed by atoms with E-state index in [1.54, 1.807) is 11.9 Å². The number of likely N-dealkylation sites (N-methyl/N-ethyl adjacent to an activating group) is 2. The summed E-state index contributed by atoms with van der Waals surface area (Å²) in [6.07, 6.45) is 4.05. The number of carbonyl (C=O) groups is 3. The van der Waals surface area contributed by atoms with Gasteiger partial charge in [-0.15, -0.1) is 0 Å². The van der Waals surface area contributed by atoms with E-state index in [1.165, 1.54) is 0 Å². The minimum atomic E-state index is -0.665. The van der Waals surface area contributed by atoms with Gasteiger partial charge in [0.05, 0.1) is 12.1 Å². The highest BCUT2D eigenvalue weighted by Gasteiger charge is 2.37. The predicted octanol–water partition coefficient (Wildman–Crippen LogP) is 5.15. The molecule has 200 valence electrons. The van der Waals surface area contributed by atoms with Crippen LogP contribution in [-0.2, 0) is 14.4 Å². The van der Waals surface area contributed by atoms with Crippen molar-refractivity contribution in [2.45, 2.75) is 126 Å². The first-order valence-corrected chi connectivity index (χ1v) is 13.5. The van der Waals surface area contributed by atoms with Crippen LogP contribution in [0.1, 0.15) is 101 Å². The minimum absolute atomic E-state index is 0.0873. The average Bonchev–Trinajstić information content (AvgIpc) is 2.76. The fourth-order valence-electron chi connectivity index (χ4n) is 4.45. The van der Waals surface area contributed by atoms with Crippen molar-refractivity contribution in [2.24, 2.45) is 23.7 Å². The monoisotopic (exact) mass is 481 g/mol. The van der Waals surface area contributed by atoms with Gasteiger partial charge in [-0.25, -0.2) is 0 Å². The van der Waals surface area contributed by atoms with Gasteiger partial charge in [0, 0.05) is 19.0 Å². The molecule has 6 heteroatoms. The molecule has 0 aromatic carbocycles. The smallest absolute Gasteiger partial charge is 0.245 e. The summed E-state index contributed by atoms with van der Waals surface area (Å²) in [7, 11) is 3.72. The summed E-state index contributed by atoms with van der Waals surface area (Å²) in [5, 5.41) is 3.08. The van der Waals surface area contributed by atoms with Crippen LogP contribution >= 0.6 is 0 Å². The van der Waals surface area contributed by atoms with Gasteiger partial charge in [-0.05, 0) is 57.4 Å². The molecule has 0 rings (SSSR count). The summed E-state index contributed by atoms with van der Waals surface area (Å²) >= 11 is 0. The lowest BCUT2D eigenvalue weighted by atomic mass is 9.89. The fourth-order valence-corrected chi connectivity index (χ4v) is 4.45. The molecule has 0 radical (unpaired) electrons. The van der Waals surface area contributed by atoms with Gasteiger partial charge in [-0.2, -0.15) is 0 Å². The Kier molecular flexibility index (Phi) is 14.9. The average molecular weight is 482 g/mol. The third kappa shape index (κ3) is 10.1. The van der Waals surface area contributed by atoms with Gasteiger partial charge in [-0.1, -0.05) is 68.7 Å². The number of amides is 2. The summed E-state index contributed by atoms with van der Waals surface area (Å²) in [5.41, 5.74) is 0. The lowest BCUT2D eigenvalue weighted by Gasteiger charge is -2.37. The van der Waals surface area contributed by atoms with Crippen LogP contribution in [0.4, 0.5) is 0 Å². The molecule has 0 fully saturated rings. The Morgan fingerprint density at radius 2 is 1.29 bits per heavy atom. The zero-order chi connectivity index (χ0) is 26.7. The molecule has 5 atom stereocenters. The molecule has 0 aromatic rings. The van der Waals surface area contributed by atoms with E-state index in [2.05, 4.69) is 58.7 Å². The van der Waals surface area contributed by atoms with Crippen LogP contribution in [0.3, 0.4) is 0 Å². The number of hydrogen-bond donors (Lipinski definition) is 1. The highest BCUT2D eigenvalue weighted by Crippen LogP contribution is 2.21. The molecule has 0 heterocycles. The van der Waals surface area contributed by atoms with Crippen molar-refractivity contribution in [3.8, 4) is 0 Å². The molecular formula is C28H55N3O3. The van der Waals surface area contributed by atoms with Gasteiger partial charge in [0.2, 0.25) is 11.8 Å². The predicted molar refractivity (Wildman–Crippen MR) is 143 cm³/mol. The maximum absolute atomic E-state index is 13.7. The van der Waals surface area contributed by atoms with Crippen molar-refractivity contribution in [3.05, 3.63) is 0 Å². The Morgan fingerprint density at radius 1 is 0.794 bits per heavy atom. The quantitative estimate of drug-likeness (QED) is 0.331. The maximum atomic E-state index is 13.7. The molecule has 6 nitrogen and oxygen atoms in total. The zero-order valence-corrected chi connectivity index (χ0v) is 24.3. The van der Waals surface area contributed by atoms with Crippen LogP contribution in [0.25, 0.3) is 0 Å². The molecule has 0 bridgehead atoms. The highest BCUT2D eigenvalue weighted by atomic mass is 16.2. The molecule has 2 amide bonds. The standard InChI is InChI=1S/C28H55N3O3/c1-13-15-21(9)26(32)23(16-18(3)4)31(12)28(34)25(20(7)8)29-27(33)24(17-19(5)6)30(11)22(10)14-2/h18-25H,13-17H2,1-12H3,(H,29,33)/t21?,22?,23-,24-,25-/m0/s1. The molecule has 34 heavy (non-hydrogen) atoms. The van der Waals surface area contributed by atoms with Crippen molar-refractivity contribution < 1.29 is 14.4 Å². The van der Waals surface area contributed by atoms with Crippen molar-refractivity contribution in [1.82, 2.24) is 15.1 Å². The third-order valence-electron chi connectivity index (χ3n) is 7.05. The third-order valence-corrected chi connectivity index (χ3v) is 7.05. The summed E-state index contributed by atoms with van der Waals surface area (Å²) in [5.74, 6) is 0.292. The first kappa shape index (κ1) is 32.6. The molecule has 0 aliphatic rings. The van der Waals surface area contributed by atoms with Crippen LogP contribution in [0.15, 0.2) is 0 Å². The molecular weight excluding hydrogens is 426 g/mol. The van der Waals surface area contributed by atoms with Gasteiger partial charge in [-0.3, -0.25) is 19.3 Å². The number of nitrogens with zero attached hydrogens (tertiary/aromatic N) is 2. The second-order valence-corrected chi connectivity index (χ2v) is 11.5. The van der Waals surface area contributed by atoms with Crippen LogP contribution in [0, 0.1) is 23.7 Å². The molecule has 0 aliphatic carbocycles. The van der Waals surface area contributed by atoms with Crippen LogP contribution in [-0.4, -0.2) is 65.7 Å². The van der Waals surface area contributed by atoms with E-state index in [0.29, 0.717) is 12.3 Å². The van der Waals surface area contributed by atoms with E-state index in [9.17, 15) is 14.4 Å². The number of Topliss-reactive ketones (excluding diaryl/α,β-unsaturated/α-hetero) is 1. The van der Waals surface area contributed by atoms with Crippen LogP contribution < -0.4 is 5.32 Å². The van der Waals surface area contributed by atoms with Crippen molar-refractivity contribution in [2.75, 3.05) is 14.1 Å². The Labute approximate surface area is 210 Å². The molecule has 0 aromatic heterocycles. The van der Waals surface area contributed by atoms with Crippen molar-refractivity contribution >= 4 is 17.6 Å². The van der Waals surface area contributed by atoms with Gasteiger partial charge >= 0.3 is 0 Å². The lowest BCUT2D eigenvalue weighted by Crippen LogP contribution is -2.58. The van der Waals surface area contributed by atoms with Crippen molar-refractivity contribution in [3.63, 3.8) is 0 Å². The topological polar surface area (TPSA) is 69.7 Å². The maximum Gasteiger partial charge on any atom is 0.245 e. The molecule has 0 saturated carbocycles. The molecule has 0 saturated heterocycles. The summed E-state index contributed by atoms with van der Waals surface area (Å²) in [6, 6.07) is -1.17. The van der Waals surface area contributed by atoms with E-state index in [4.69, 9.17) is 0 Å². The Hall–Kier alpha value is -1.43. The summed E-state index contributed by atoms with van der Waals surface area (Å²) in [6.45, 7) is 20.6. The largest absolute Gasteiger partial charge is 0.343 e. The number of hydrogen-bond acceptors (Lipinski definition) is 4. The minimum Gasteiger partial charge on any atom is -0.343 e. The number of carbonyl (C=O) groups excluding carboxylic acids is 3. The first-order valence-electron chi connectivity index (χ1n) is 13.5. The number of ketones is 1. The van der Waals surface area contributed by atoms with Gasteiger partial charge in [0.1, 0.15) is 6.04 Å². The van der Waals surface area contributed by atoms with E-state index in [0.717, 1.165) is 25.7 Å². The van der Waals surface area contributed by atoms with Gasteiger partial charge in [0.15, 0.2) is 5.78 Å². The van der Waals surface area contributed by atoms with E-state index in [1.807, 2.05) is 27.8 Å². The van der Waals surface area contributed by atoms with Gasteiger partial charge < -0.3 is 10.2 Å². The Morgan fingerprint density at radius 3 is 1.71 bits per heavy atom. The molecule has 2 unspecified atom stereocenters. The zero-order valence-electron chi connectivity index (χ0n) is 24.3. The Balaban J connectivity index is 5.87.